The molecule has 2 rings (SSSR count). The summed E-state index contributed by atoms with van der Waals surface area (Å²) in [5.74, 6) is 0.956. The van der Waals surface area contributed by atoms with Gasteiger partial charge in [-0.3, -0.25) is 4.68 Å². The highest BCUT2D eigenvalue weighted by Crippen LogP contribution is 2.36. The molecule has 1 aromatic heterocycles. The lowest BCUT2D eigenvalue weighted by molar-refractivity contribution is 0.446. The number of nitrogens with two attached hydrogens (primary N) is 1. The van der Waals surface area contributed by atoms with Crippen molar-refractivity contribution in [3.8, 4) is 17.0 Å². The van der Waals surface area contributed by atoms with Crippen LogP contribution in [0.25, 0.3) is 11.3 Å². The molecule has 0 saturated heterocycles. The molecule has 1 heterocycles. The molecule has 4 nitrogen and oxygen atoms in total. The van der Waals surface area contributed by atoms with E-state index in [2.05, 4.69) is 25.9 Å². The minimum Gasteiger partial charge on any atom is -0.508 e. The van der Waals surface area contributed by atoms with Crippen LogP contribution in [0.2, 0.25) is 0 Å². The standard InChI is InChI=1S/C15H21N3O/c1-9-6-13(19)11(15(2,3)4)7-10(9)12-8-14(16)18(5)17-12/h6-8,19H,16H2,1-5H3. The summed E-state index contributed by atoms with van der Waals surface area (Å²) in [7, 11) is 1.82. The van der Waals surface area contributed by atoms with E-state index in [-0.39, 0.29) is 5.41 Å². The van der Waals surface area contributed by atoms with Crippen LogP contribution in [-0.4, -0.2) is 14.9 Å². The maximum atomic E-state index is 10.1. The highest BCUT2D eigenvalue weighted by Gasteiger charge is 2.20. The molecule has 19 heavy (non-hydrogen) atoms. The molecule has 0 aliphatic rings. The van der Waals surface area contributed by atoms with Crippen LogP contribution in [0.5, 0.6) is 5.75 Å². The third kappa shape index (κ3) is 2.43. The Balaban J connectivity index is 2.64. The van der Waals surface area contributed by atoms with Gasteiger partial charge in [-0.25, -0.2) is 0 Å². The van der Waals surface area contributed by atoms with Gasteiger partial charge in [0.2, 0.25) is 0 Å². The van der Waals surface area contributed by atoms with E-state index in [1.165, 1.54) is 0 Å². The molecule has 3 N–H and O–H groups in total. The van der Waals surface area contributed by atoms with E-state index in [0.29, 0.717) is 11.6 Å². The zero-order valence-electron chi connectivity index (χ0n) is 12.2. The zero-order chi connectivity index (χ0) is 14.4. The number of benzene rings is 1. The van der Waals surface area contributed by atoms with Crippen molar-refractivity contribution in [3.05, 3.63) is 29.3 Å². The summed E-state index contributed by atoms with van der Waals surface area (Å²) >= 11 is 0. The summed E-state index contributed by atoms with van der Waals surface area (Å²) in [5, 5.41) is 14.5. The topological polar surface area (TPSA) is 64.1 Å². The van der Waals surface area contributed by atoms with E-state index in [0.717, 1.165) is 22.4 Å². The van der Waals surface area contributed by atoms with Crippen molar-refractivity contribution < 1.29 is 5.11 Å². The summed E-state index contributed by atoms with van der Waals surface area (Å²) in [4.78, 5) is 0. The Morgan fingerprint density at radius 2 is 1.84 bits per heavy atom. The van der Waals surface area contributed by atoms with Crippen molar-refractivity contribution in [2.75, 3.05) is 5.73 Å². The van der Waals surface area contributed by atoms with E-state index < -0.39 is 0 Å². The lowest BCUT2D eigenvalue weighted by Crippen LogP contribution is -2.11. The van der Waals surface area contributed by atoms with Crippen molar-refractivity contribution in [1.29, 1.82) is 0 Å². The molecule has 0 amide bonds. The second-order valence-corrected chi connectivity index (χ2v) is 6.01. The first-order valence-electron chi connectivity index (χ1n) is 6.34. The third-order valence-corrected chi connectivity index (χ3v) is 3.34. The number of anilines is 1. The van der Waals surface area contributed by atoms with Gasteiger partial charge in [0, 0.05) is 18.7 Å². The van der Waals surface area contributed by atoms with Crippen molar-refractivity contribution >= 4 is 5.82 Å². The van der Waals surface area contributed by atoms with Gasteiger partial charge in [-0.05, 0) is 35.6 Å². The first-order valence-corrected chi connectivity index (χ1v) is 6.34. The number of aryl methyl sites for hydroxylation is 2. The van der Waals surface area contributed by atoms with E-state index in [4.69, 9.17) is 5.73 Å². The molecule has 0 aliphatic heterocycles. The lowest BCUT2D eigenvalue weighted by Gasteiger charge is -2.22. The van der Waals surface area contributed by atoms with Crippen LogP contribution in [-0.2, 0) is 12.5 Å². The number of phenolic OH excluding ortho intramolecular Hbond substituents is 1. The first kappa shape index (κ1) is 13.5. The summed E-state index contributed by atoms with van der Waals surface area (Å²) in [5.41, 5.74) is 9.46. The molecule has 0 atom stereocenters. The van der Waals surface area contributed by atoms with E-state index in [1.807, 2.05) is 26.1 Å². The molecule has 0 unspecified atom stereocenters. The first-order chi connectivity index (χ1) is 8.70. The summed E-state index contributed by atoms with van der Waals surface area (Å²) < 4.78 is 1.65. The number of phenols is 1. The zero-order valence-corrected chi connectivity index (χ0v) is 12.2. The molecule has 0 aliphatic carbocycles. The Kier molecular flexibility index (Phi) is 3.04. The number of nitrogen functional groups attached to an aromatic ring is 1. The minimum absolute atomic E-state index is 0.118. The number of aromatic nitrogens is 2. The molecule has 0 fully saturated rings. The van der Waals surface area contributed by atoms with Crippen LogP contribution in [0.3, 0.4) is 0 Å². The van der Waals surface area contributed by atoms with Crippen LogP contribution in [0.15, 0.2) is 18.2 Å². The Hall–Kier alpha value is -1.97. The molecular weight excluding hydrogens is 238 g/mol. The minimum atomic E-state index is -0.118. The van der Waals surface area contributed by atoms with Crippen LogP contribution >= 0.6 is 0 Å². The van der Waals surface area contributed by atoms with Gasteiger partial charge in [0.1, 0.15) is 11.6 Å². The number of aromatic hydroxyl groups is 1. The van der Waals surface area contributed by atoms with Gasteiger partial charge in [-0.1, -0.05) is 20.8 Å². The van der Waals surface area contributed by atoms with Crippen molar-refractivity contribution in [2.45, 2.75) is 33.1 Å². The monoisotopic (exact) mass is 259 g/mol. The fourth-order valence-electron chi connectivity index (χ4n) is 2.18. The normalized spacial score (nSPS) is 11.8. The number of nitrogens with zero attached hydrogens (tertiary/aromatic N) is 2. The van der Waals surface area contributed by atoms with Gasteiger partial charge in [-0.15, -0.1) is 0 Å². The highest BCUT2D eigenvalue weighted by atomic mass is 16.3. The fourth-order valence-corrected chi connectivity index (χ4v) is 2.18. The van der Waals surface area contributed by atoms with Gasteiger partial charge in [0.25, 0.3) is 0 Å². The molecule has 102 valence electrons. The smallest absolute Gasteiger partial charge is 0.121 e. The van der Waals surface area contributed by atoms with Gasteiger partial charge in [-0.2, -0.15) is 5.10 Å². The largest absolute Gasteiger partial charge is 0.508 e. The molecule has 0 bridgehead atoms. The molecule has 0 radical (unpaired) electrons. The van der Waals surface area contributed by atoms with E-state index in [1.54, 1.807) is 10.7 Å². The van der Waals surface area contributed by atoms with Crippen molar-refractivity contribution in [3.63, 3.8) is 0 Å². The summed E-state index contributed by atoms with van der Waals surface area (Å²) in [6.07, 6.45) is 0. The molecular formula is C15H21N3O. The summed E-state index contributed by atoms with van der Waals surface area (Å²) in [6.45, 7) is 8.20. The van der Waals surface area contributed by atoms with Gasteiger partial charge in [0.15, 0.2) is 0 Å². The van der Waals surface area contributed by atoms with Crippen LogP contribution in [0, 0.1) is 6.92 Å². The average molecular weight is 259 g/mol. The molecule has 0 spiro atoms. The van der Waals surface area contributed by atoms with Crippen LogP contribution in [0.1, 0.15) is 31.9 Å². The molecule has 1 aromatic carbocycles. The second kappa shape index (κ2) is 4.30. The summed E-state index contributed by atoms with van der Waals surface area (Å²) in [6, 6.07) is 5.65. The predicted molar refractivity (Wildman–Crippen MR) is 78.2 cm³/mol. The number of rotatable bonds is 1. The third-order valence-electron chi connectivity index (χ3n) is 3.34. The lowest BCUT2D eigenvalue weighted by atomic mass is 9.84. The van der Waals surface area contributed by atoms with E-state index in [9.17, 15) is 5.11 Å². The predicted octanol–water partition coefficient (Wildman–Crippen LogP) is 2.98. The highest BCUT2D eigenvalue weighted by molar-refractivity contribution is 5.69. The maximum Gasteiger partial charge on any atom is 0.121 e. The number of hydrogen-bond acceptors (Lipinski definition) is 3. The Bertz CT molecular complexity index is 602. The maximum absolute atomic E-state index is 10.1. The van der Waals surface area contributed by atoms with Crippen LogP contribution in [0.4, 0.5) is 5.82 Å². The molecule has 0 saturated carbocycles. The fraction of sp³-hybridized carbons (Fsp3) is 0.400. The van der Waals surface area contributed by atoms with Gasteiger partial charge < -0.3 is 10.8 Å². The SMILES string of the molecule is Cc1cc(O)c(C(C)(C)C)cc1-c1cc(N)n(C)n1. The second-order valence-electron chi connectivity index (χ2n) is 6.01. The van der Waals surface area contributed by atoms with Gasteiger partial charge >= 0.3 is 0 Å². The Morgan fingerprint density at radius 1 is 1.21 bits per heavy atom. The van der Waals surface area contributed by atoms with Gasteiger partial charge in [0.05, 0.1) is 5.69 Å². The van der Waals surface area contributed by atoms with Crippen molar-refractivity contribution in [2.24, 2.45) is 7.05 Å². The average Bonchev–Trinajstić information content (AvgIpc) is 2.57. The van der Waals surface area contributed by atoms with Crippen molar-refractivity contribution in [1.82, 2.24) is 9.78 Å². The Morgan fingerprint density at radius 3 is 2.32 bits per heavy atom. The van der Waals surface area contributed by atoms with Crippen LogP contribution < -0.4 is 5.73 Å². The Labute approximate surface area is 113 Å². The molecule has 2 aromatic rings. The van der Waals surface area contributed by atoms with E-state index >= 15 is 0 Å². The number of hydrogen-bond donors (Lipinski definition) is 2. The quantitative estimate of drug-likeness (QED) is 0.827. The molecule has 4 heteroatoms.